The molecule has 2 heterocycles. The third-order valence-electron chi connectivity index (χ3n) is 2.28. The molecule has 6 heteroatoms. The lowest BCUT2D eigenvalue weighted by Gasteiger charge is -2.10. The van der Waals surface area contributed by atoms with Crippen molar-refractivity contribution in [1.29, 1.82) is 0 Å². The first-order valence-corrected chi connectivity index (χ1v) is 4.96. The largest absolute Gasteiger partial charge is 0.383 e. The molecule has 0 aliphatic carbocycles. The number of aromatic nitrogens is 2. The Balaban J connectivity index is 1.95. The first kappa shape index (κ1) is 9.97. The van der Waals surface area contributed by atoms with Crippen molar-refractivity contribution in [3.63, 3.8) is 0 Å². The maximum atomic E-state index is 11.1. The zero-order chi connectivity index (χ0) is 10.7. The van der Waals surface area contributed by atoms with Gasteiger partial charge in [-0.05, 0) is 12.8 Å². The quantitative estimate of drug-likeness (QED) is 0.650. The second-order valence-electron chi connectivity index (χ2n) is 3.53. The third kappa shape index (κ3) is 2.69. The Morgan fingerprint density at radius 3 is 3.27 bits per heavy atom. The smallest absolute Gasteiger partial charge is 0.254 e. The number of nitrogens with two attached hydrogens (primary N) is 1. The van der Waals surface area contributed by atoms with Crippen LogP contribution in [0.3, 0.4) is 0 Å². The molecule has 1 atom stereocenters. The topological polar surface area (TPSA) is 93.0 Å². The summed E-state index contributed by atoms with van der Waals surface area (Å²) in [6, 6.07) is 1.25. The maximum absolute atomic E-state index is 11.1. The van der Waals surface area contributed by atoms with Gasteiger partial charge < -0.3 is 15.8 Å². The monoisotopic (exact) mass is 210 g/mol. The third-order valence-corrected chi connectivity index (χ3v) is 2.28. The summed E-state index contributed by atoms with van der Waals surface area (Å²) in [7, 11) is 0. The minimum absolute atomic E-state index is 0.205. The van der Waals surface area contributed by atoms with E-state index in [2.05, 4.69) is 15.3 Å². The molecule has 0 amide bonds. The molecule has 1 unspecified atom stereocenters. The molecule has 1 saturated heterocycles. The van der Waals surface area contributed by atoms with Crippen molar-refractivity contribution in [2.24, 2.45) is 0 Å². The van der Waals surface area contributed by atoms with Gasteiger partial charge in [-0.1, -0.05) is 0 Å². The van der Waals surface area contributed by atoms with Crippen LogP contribution in [0.4, 0.5) is 11.8 Å². The van der Waals surface area contributed by atoms with E-state index in [9.17, 15) is 4.79 Å². The molecule has 15 heavy (non-hydrogen) atoms. The average Bonchev–Trinajstić information content (AvgIpc) is 2.65. The summed E-state index contributed by atoms with van der Waals surface area (Å²) >= 11 is 0. The minimum Gasteiger partial charge on any atom is -0.383 e. The van der Waals surface area contributed by atoms with Crippen molar-refractivity contribution < 1.29 is 4.74 Å². The fraction of sp³-hybridized carbons (Fsp3) is 0.556. The summed E-state index contributed by atoms with van der Waals surface area (Å²) in [6.07, 6.45) is 2.34. The van der Waals surface area contributed by atoms with Gasteiger partial charge in [0, 0.05) is 19.2 Å². The van der Waals surface area contributed by atoms with E-state index in [1.165, 1.54) is 6.07 Å². The number of nitrogens with zero attached hydrogens (tertiary/aromatic N) is 1. The lowest BCUT2D eigenvalue weighted by molar-refractivity contribution is 0.120. The van der Waals surface area contributed by atoms with Crippen LogP contribution >= 0.6 is 0 Å². The number of ether oxygens (including phenoxy) is 1. The van der Waals surface area contributed by atoms with Crippen molar-refractivity contribution in [1.82, 2.24) is 9.97 Å². The van der Waals surface area contributed by atoms with E-state index in [1.807, 2.05) is 0 Å². The molecule has 0 radical (unpaired) electrons. The van der Waals surface area contributed by atoms with E-state index in [0.29, 0.717) is 12.5 Å². The number of nitrogens with one attached hydrogen (secondary N) is 2. The number of anilines is 2. The van der Waals surface area contributed by atoms with Gasteiger partial charge in [0.1, 0.15) is 5.82 Å². The van der Waals surface area contributed by atoms with Crippen LogP contribution in [0.1, 0.15) is 12.8 Å². The number of hydrogen-bond acceptors (Lipinski definition) is 5. The lowest BCUT2D eigenvalue weighted by Crippen LogP contribution is -2.21. The normalized spacial score (nSPS) is 20.4. The van der Waals surface area contributed by atoms with Crippen LogP contribution in [-0.4, -0.2) is 29.2 Å². The van der Waals surface area contributed by atoms with Crippen LogP contribution in [0.5, 0.6) is 0 Å². The Morgan fingerprint density at radius 2 is 2.60 bits per heavy atom. The van der Waals surface area contributed by atoms with E-state index in [4.69, 9.17) is 10.5 Å². The van der Waals surface area contributed by atoms with Gasteiger partial charge in [0.15, 0.2) is 0 Å². The number of nitrogen functional groups attached to an aromatic ring is 1. The minimum atomic E-state index is -0.252. The zero-order valence-corrected chi connectivity index (χ0v) is 8.32. The first-order chi connectivity index (χ1) is 7.24. The molecule has 1 aromatic rings. The lowest BCUT2D eigenvalue weighted by atomic mass is 10.2. The Bertz CT molecular complexity index is 384. The van der Waals surface area contributed by atoms with Crippen molar-refractivity contribution in [2.45, 2.75) is 18.9 Å². The second-order valence-corrected chi connectivity index (χ2v) is 3.53. The number of H-pyrrole nitrogens is 1. The van der Waals surface area contributed by atoms with E-state index in [1.54, 1.807) is 0 Å². The zero-order valence-electron chi connectivity index (χ0n) is 8.32. The standard InChI is InChI=1S/C9H14N4O2/c10-7-4-8(14)13-9(12-7)11-5-6-2-1-3-15-6/h4,6H,1-3,5H2,(H4,10,11,12,13,14). The molecule has 0 saturated carbocycles. The summed E-state index contributed by atoms with van der Waals surface area (Å²) in [4.78, 5) is 17.6. The molecule has 1 fully saturated rings. The van der Waals surface area contributed by atoms with E-state index < -0.39 is 0 Å². The highest BCUT2D eigenvalue weighted by Gasteiger charge is 2.15. The summed E-state index contributed by atoms with van der Waals surface area (Å²) < 4.78 is 5.42. The summed E-state index contributed by atoms with van der Waals surface area (Å²) in [6.45, 7) is 1.46. The Labute approximate surface area is 86.9 Å². The van der Waals surface area contributed by atoms with Crippen LogP contribution < -0.4 is 16.6 Å². The van der Waals surface area contributed by atoms with Crippen molar-refractivity contribution in [2.75, 3.05) is 24.2 Å². The van der Waals surface area contributed by atoms with Gasteiger partial charge in [-0.15, -0.1) is 0 Å². The van der Waals surface area contributed by atoms with E-state index in [-0.39, 0.29) is 17.5 Å². The number of aromatic amines is 1. The molecule has 0 aromatic carbocycles. The van der Waals surface area contributed by atoms with Gasteiger partial charge in [-0.25, -0.2) is 0 Å². The predicted octanol–water partition coefficient (Wildman–Crippen LogP) is -0.0570. The van der Waals surface area contributed by atoms with Gasteiger partial charge in [-0.2, -0.15) is 4.98 Å². The van der Waals surface area contributed by atoms with Crippen LogP contribution in [0.2, 0.25) is 0 Å². The van der Waals surface area contributed by atoms with Gasteiger partial charge in [0.25, 0.3) is 5.56 Å². The van der Waals surface area contributed by atoms with Crippen LogP contribution in [0.25, 0.3) is 0 Å². The van der Waals surface area contributed by atoms with Crippen molar-refractivity contribution in [3.8, 4) is 0 Å². The first-order valence-electron chi connectivity index (χ1n) is 4.96. The fourth-order valence-corrected chi connectivity index (χ4v) is 1.58. The molecule has 82 valence electrons. The van der Waals surface area contributed by atoms with Crippen LogP contribution in [0.15, 0.2) is 10.9 Å². The molecule has 0 spiro atoms. The van der Waals surface area contributed by atoms with Gasteiger partial charge in [0.2, 0.25) is 5.95 Å². The Hall–Kier alpha value is -1.56. The highest BCUT2D eigenvalue weighted by Crippen LogP contribution is 2.11. The highest BCUT2D eigenvalue weighted by atomic mass is 16.5. The summed E-state index contributed by atoms with van der Waals surface area (Å²) in [5.41, 5.74) is 5.19. The Kier molecular flexibility index (Phi) is 2.86. The molecule has 4 N–H and O–H groups in total. The average molecular weight is 210 g/mol. The molecule has 2 rings (SSSR count). The Morgan fingerprint density at radius 1 is 1.73 bits per heavy atom. The highest BCUT2D eigenvalue weighted by molar-refractivity contribution is 5.35. The SMILES string of the molecule is Nc1cc(=O)[nH]c(NCC2CCCO2)n1. The molecule has 6 nitrogen and oxygen atoms in total. The maximum Gasteiger partial charge on any atom is 0.254 e. The van der Waals surface area contributed by atoms with Crippen molar-refractivity contribution in [3.05, 3.63) is 16.4 Å². The molecular formula is C9H14N4O2. The van der Waals surface area contributed by atoms with Gasteiger partial charge in [-0.3, -0.25) is 9.78 Å². The summed E-state index contributed by atoms with van der Waals surface area (Å²) in [5, 5.41) is 3.00. The second kappa shape index (κ2) is 4.31. The van der Waals surface area contributed by atoms with Crippen LogP contribution in [0, 0.1) is 0 Å². The molecule has 1 aliphatic heterocycles. The number of hydrogen-bond donors (Lipinski definition) is 3. The summed E-state index contributed by atoms with van der Waals surface area (Å²) in [5.74, 6) is 0.615. The molecule has 1 aliphatic rings. The van der Waals surface area contributed by atoms with Gasteiger partial charge >= 0.3 is 0 Å². The van der Waals surface area contributed by atoms with Gasteiger partial charge in [0.05, 0.1) is 6.10 Å². The van der Waals surface area contributed by atoms with Crippen LogP contribution in [-0.2, 0) is 4.74 Å². The van der Waals surface area contributed by atoms with Crippen molar-refractivity contribution >= 4 is 11.8 Å². The molecule has 1 aromatic heterocycles. The molecular weight excluding hydrogens is 196 g/mol. The van der Waals surface area contributed by atoms with E-state index >= 15 is 0 Å². The van der Waals surface area contributed by atoms with E-state index in [0.717, 1.165) is 19.4 Å². The molecule has 0 bridgehead atoms. The predicted molar refractivity (Wildman–Crippen MR) is 56.7 cm³/mol. The number of rotatable bonds is 3. The fourth-order valence-electron chi connectivity index (χ4n) is 1.58.